The van der Waals surface area contributed by atoms with Crippen molar-refractivity contribution in [3.8, 4) is 0 Å². The molecule has 0 unspecified atom stereocenters. The zero-order valence-electron chi connectivity index (χ0n) is 16.1. The van der Waals surface area contributed by atoms with Gasteiger partial charge in [0.05, 0.1) is 22.2 Å². The summed E-state index contributed by atoms with van der Waals surface area (Å²) in [6.07, 6.45) is 7.52. The van der Waals surface area contributed by atoms with Crippen LogP contribution in [-0.4, -0.2) is 28.8 Å². The number of nitro groups is 1. The van der Waals surface area contributed by atoms with Crippen LogP contribution in [0.1, 0.15) is 52.7 Å². The predicted octanol–water partition coefficient (Wildman–Crippen LogP) is 4.66. The lowest BCUT2D eigenvalue weighted by atomic mass is 9.76. The van der Waals surface area contributed by atoms with Crippen LogP contribution in [0.3, 0.4) is 0 Å². The van der Waals surface area contributed by atoms with E-state index in [2.05, 4.69) is 23.5 Å². The molecule has 6 nitrogen and oxygen atoms in total. The molecule has 1 aliphatic carbocycles. The number of hydrogen-bond acceptors (Lipinski definition) is 4. The molecule has 0 aromatic heterocycles. The highest BCUT2D eigenvalue weighted by molar-refractivity contribution is 6.01. The van der Waals surface area contributed by atoms with Crippen LogP contribution in [0.25, 0.3) is 0 Å². The number of benzene rings is 2. The third-order valence-corrected chi connectivity index (χ3v) is 6.48. The average molecular weight is 389 g/mol. The molecule has 2 aromatic carbocycles. The molecule has 1 saturated heterocycles. The van der Waals surface area contributed by atoms with Crippen molar-refractivity contribution >= 4 is 17.3 Å². The Kier molecular flexibility index (Phi) is 4.34. The van der Waals surface area contributed by atoms with Gasteiger partial charge in [-0.15, -0.1) is 0 Å². The second-order valence-corrected chi connectivity index (χ2v) is 8.09. The van der Waals surface area contributed by atoms with Gasteiger partial charge in [0.25, 0.3) is 11.6 Å². The molecule has 148 valence electrons. The monoisotopic (exact) mass is 389 g/mol. The number of likely N-dealkylation sites (tertiary alicyclic amines) is 1. The quantitative estimate of drug-likeness (QED) is 0.471. The van der Waals surface area contributed by atoms with Gasteiger partial charge in [0, 0.05) is 31.1 Å². The molecule has 1 amide bonds. The Labute approximate surface area is 169 Å². The first kappa shape index (κ1) is 17.9. The van der Waals surface area contributed by atoms with Crippen molar-refractivity contribution < 1.29 is 9.72 Å². The number of nitrogens with one attached hydrogen (secondary N) is 1. The molecule has 2 aromatic rings. The van der Waals surface area contributed by atoms with Crippen molar-refractivity contribution in [3.05, 3.63) is 81.4 Å². The molecule has 0 bridgehead atoms. The third kappa shape index (κ3) is 2.99. The number of carbonyl (C=O) groups excluding carboxylic acids is 1. The fraction of sp³-hybridized carbons (Fsp3) is 0.348. The molecule has 1 N–H and O–H groups in total. The third-order valence-electron chi connectivity index (χ3n) is 6.48. The van der Waals surface area contributed by atoms with Gasteiger partial charge >= 0.3 is 0 Å². The fourth-order valence-electron chi connectivity index (χ4n) is 5.02. The summed E-state index contributed by atoms with van der Waals surface area (Å²) in [7, 11) is 0. The summed E-state index contributed by atoms with van der Waals surface area (Å²) in [6.45, 7) is 1.64. The summed E-state index contributed by atoms with van der Waals surface area (Å²) >= 11 is 0. The molecule has 0 spiro atoms. The van der Waals surface area contributed by atoms with Gasteiger partial charge in [-0.05, 0) is 42.4 Å². The zero-order valence-corrected chi connectivity index (χ0v) is 16.1. The zero-order chi connectivity index (χ0) is 20.0. The molecule has 1 fully saturated rings. The fourth-order valence-corrected chi connectivity index (χ4v) is 5.02. The summed E-state index contributed by atoms with van der Waals surface area (Å²) in [5.41, 5.74) is 3.93. The van der Waals surface area contributed by atoms with Crippen molar-refractivity contribution in [2.24, 2.45) is 5.92 Å². The van der Waals surface area contributed by atoms with Gasteiger partial charge in [-0.2, -0.15) is 0 Å². The van der Waals surface area contributed by atoms with Crippen molar-refractivity contribution in [2.75, 3.05) is 18.4 Å². The van der Waals surface area contributed by atoms with Gasteiger partial charge in [-0.25, -0.2) is 0 Å². The maximum absolute atomic E-state index is 13.2. The maximum Gasteiger partial charge on any atom is 0.269 e. The van der Waals surface area contributed by atoms with Crippen LogP contribution < -0.4 is 5.32 Å². The van der Waals surface area contributed by atoms with Crippen LogP contribution in [0.2, 0.25) is 0 Å². The minimum absolute atomic E-state index is 0.0100. The van der Waals surface area contributed by atoms with Crippen LogP contribution in [-0.2, 0) is 0 Å². The van der Waals surface area contributed by atoms with E-state index in [-0.39, 0.29) is 28.5 Å². The minimum atomic E-state index is -0.375. The highest BCUT2D eigenvalue weighted by Crippen LogP contribution is 2.50. The Bertz CT molecular complexity index is 993. The summed E-state index contributed by atoms with van der Waals surface area (Å²) in [4.78, 5) is 25.7. The molecular weight excluding hydrogens is 366 g/mol. The van der Waals surface area contributed by atoms with Crippen LogP contribution in [0.15, 0.2) is 54.6 Å². The van der Waals surface area contributed by atoms with E-state index in [0.29, 0.717) is 5.92 Å². The van der Waals surface area contributed by atoms with E-state index in [4.69, 9.17) is 0 Å². The Morgan fingerprint density at radius 1 is 1.10 bits per heavy atom. The number of hydrogen-bond donors (Lipinski definition) is 1. The van der Waals surface area contributed by atoms with Gasteiger partial charge in [0.15, 0.2) is 0 Å². The number of rotatable bonds is 3. The van der Waals surface area contributed by atoms with Crippen molar-refractivity contribution in [3.63, 3.8) is 0 Å². The molecule has 3 atom stereocenters. The highest BCUT2D eigenvalue weighted by Gasteiger charge is 2.39. The number of nitrogens with zero attached hydrogens (tertiary/aromatic N) is 2. The van der Waals surface area contributed by atoms with Gasteiger partial charge in [-0.1, -0.05) is 36.4 Å². The lowest BCUT2D eigenvalue weighted by Gasteiger charge is -2.38. The summed E-state index contributed by atoms with van der Waals surface area (Å²) in [5.74, 6) is 0.675. The molecule has 5 rings (SSSR count). The largest absolute Gasteiger partial charge is 0.377 e. The Hall–Kier alpha value is -3.15. The van der Waals surface area contributed by atoms with Crippen LogP contribution in [0.5, 0.6) is 0 Å². The van der Waals surface area contributed by atoms with Gasteiger partial charge in [0.1, 0.15) is 0 Å². The van der Waals surface area contributed by atoms with E-state index in [9.17, 15) is 14.9 Å². The van der Waals surface area contributed by atoms with Crippen LogP contribution in [0.4, 0.5) is 11.4 Å². The second-order valence-electron chi connectivity index (χ2n) is 8.09. The number of amides is 1. The minimum Gasteiger partial charge on any atom is -0.377 e. The lowest BCUT2D eigenvalue weighted by Crippen LogP contribution is -2.33. The van der Waals surface area contributed by atoms with Gasteiger partial charge < -0.3 is 10.2 Å². The van der Waals surface area contributed by atoms with E-state index < -0.39 is 0 Å². The number of fused-ring (bicyclic) bond motifs is 3. The molecule has 0 saturated carbocycles. The first-order chi connectivity index (χ1) is 14.1. The van der Waals surface area contributed by atoms with E-state index in [0.717, 1.165) is 49.2 Å². The standard InChI is InChI=1S/C23H23N3O3/c27-23(25-13-1-2-14-25)20-8-4-7-19-17-5-3-6-18(17)21(24-22(19)20)15-9-11-16(12-10-15)26(28)29/h3-5,7-12,17-18,21,24H,1-2,6,13-14H2/t17-,18-,21-/m0/s1. The number of para-hydroxylation sites is 1. The van der Waals surface area contributed by atoms with Crippen molar-refractivity contribution in [2.45, 2.75) is 31.2 Å². The van der Waals surface area contributed by atoms with E-state index >= 15 is 0 Å². The highest BCUT2D eigenvalue weighted by atomic mass is 16.6. The number of nitro benzene ring substituents is 1. The maximum atomic E-state index is 13.2. The smallest absolute Gasteiger partial charge is 0.269 e. The number of anilines is 1. The lowest BCUT2D eigenvalue weighted by molar-refractivity contribution is -0.384. The van der Waals surface area contributed by atoms with Crippen LogP contribution >= 0.6 is 0 Å². The molecule has 6 heteroatoms. The van der Waals surface area contributed by atoms with Crippen molar-refractivity contribution in [1.29, 1.82) is 0 Å². The Balaban J connectivity index is 1.54. The van der Waals surface area contributed by atoms with Crippen molar-refractivity contribution in [1.82, 2.24) is 4.90 Å². The number of non-ortho nitro benzene ring substituents is 1. The van der Waals surface area contributed by atoms with Crippen LogP contribution in [0, 0.1) is 16.0 Å². The first-order valence-electron chi connectivity index (χ1n) is 10.2. The molecule has 3 aliphatic rings. The molecular formula is C23H23N3O3. The van der Waals surface area contributed by atoms with E-state index in [1.807, 2.05) is 29.2 Å². The SMILES string of the molecule is O=C(c1cccc2c1N[C@@H](c1ccc([N+](=O)[O-])cc1)[C@H]1CC=C[C@H]21)N1CCCC1. The summed E-state index contributed by atoms with van der Waals surface area (Å²) in [5, 5.41) is 14.7. The Morgan fingerprint density at radius 2 is 1.86 bits per heavy atom. The number of carbonyl (C=O) groups is 1. The molecule has 2 aliphatic heterocycles. The molecule has 29 heavy (non-hydrogen) atoms. The predicted molar refractivity (Wildman–Crippen MR) is 111 cm³/mol. The first-order valence-corrected chi connectivity index (χ1v) is 10.2. The summed E-state index contributed by atoms with van der Waals surface area (Å²) < 4.78 is 0. The summed E-state index contributed by atoms with van der Waals surface area (Å²) in [6, 6.07) is 12.8. The topological polar surface area (TPSA) is 75.5 Å². The second kappa shape index (κ2) is 7.03. The molecule has 2 heterocycles. The molecule has 0 radical (unpaired) electrons. The van der Waals surface area contributed by atoms with Gasteiger partial charge in [0.2, 0.25) is 0 Å². The average Bonchev–Trinajstić information content (AvgIpc) is 3.44. The Morgan fingerprint density at radius 3 is 2.59 bits per heavy atom. The number of allylic oxidation sites excluding steroid dienone is 2. The normalized spacial score (nSPS) is 24.7. The van der Waals surface area contributed by atoms with E-state index in [1.165, 1.54) is 5.56 Å². The van der Waals surface area contributed by atoms with E-state index in [1.54, 1.807) is 12.1 Å². The van der Waals surface area contributed by atoms with Gasteiger partial charge in [-0.3, -0.25) is 14.9 Å².